The zero-order chi connectivity index (χ0) is 17.4. The highest BCUT2D eigenvalue weighted by Crippen LogP contribution is 2.25. The van der Waals surface area contributed by atoms with E-state index in [1.54, 1.807) is 11.3 Å². The molecule has 0 saturated heterocycles. The van der Waals surface area contributed by atoms with Crippen LogP contribution in [-0.2, 0) is 10.5 Å². The molecule has 0 aliphatic carbocycles. The molecule has 1 atom stereocenters. The fraction of sp³-hybridized carbons (Fsp3) is 0.389. The summed E-state index contributed by atoms with van der Waals surface area (Å²) in [7, 11) is 1.99. The van der Waals surface area contributed by atoms with Gasteiger partial charge in [0.2, 0.25) is 5.91 Å². The number of benzene rings is 1. The molecule has 0 unspecified atom stereocenters. The van der Waals surface area contributed by atoms with Gasteiger partial charge in [-0.05, 0) is 47.6 Å². The average molecular weight is 427 g/mol. The molecule has 24 heavy (non-hydrogen) atoms. The second-order valence-electron chi connectivity index (χ2n) is 5.61. The van der Waals surface area contributed by atoms with Crippen molar-refractivity contribution in [3.8, 4) is 0 Å². The number of carbonyl (C=O) groups is 1. The molecule has 1 aromatic heterocycles. The normalized spacial score (nSPS) is 12.3. The molecular formula is C18H23BrN2OS2. The van der Waals surface area contributed by atoms with Gasteiger partial charge < -0.3 is 5.32 Å². The standard InChI is InChI=1S/C18H23BrN2OS2/c1-14(15-6-4-3-5-7-15)21(2)12-18(22)20-10-11-23-13-16-8-9-17(19)24-16/h3-9,14H,10-13H2,1-2H3,(H,20,22)/t14-/m1/s1. The van der Waals surface area contributed by atoms with Crippen LogP contribution in [0.4, 0.5) is 0 Å². The zero-order valence-electron chi connectivity index (χ0n) is 14.0. The molecule has 0 radical (unpaired) electrons. The fourth-order valence-corrected chi connectivity index (χ4v) is 4.72. The van der Waals surface area contributed by atoms with Crippen molar-refractivity contribution >= 4 is 44.9 Å². The second kappa shape index (κ2) is 10.2. The van der Waals surface area contributed by atoms with Crippen LogP contribution in [0.2, 0.25) is 0 Å². The summed E-state index contributed by atoms with van der Waals surface area (Å²) in [5.74, 6) is 2.01. The first-order valence-electron chi connectivity index (χ1n) is 7.90. The van der Waals surface area contributed by atoms with E-state index in [1.807, 2.05) is 37.0 Å². The topological polar surface area (TPSA) is 32.3 Å². The highest BCUT2D eigenvalue weighted by Gasteiger charge is 2.14. The molecule has 0 saturated carbocycles. The number of hydrogen-bond acceptors (Lipinski definition) is 4. The molecule has 1 amide bonds. The average Bonchev–Trinajstić information content (AvgIpc) is 3.00. The highest BCUT2D eigenvalue weighted by molar-refractivity contribution is 9.11. The summed E-state index contributed by atoms with van der Waals surface area (Å²) in [4.78, 5) is 15.5. The minimum absolute atomic E-state index is 0.0831. The molecule has 1 aromatic carbocycles. The van der Waals surface area contributed by atoms with E-state index in [9.17, 15) is 4.79 Å². The Kier molecular flexibility index (Phi) is 8.32. The third-order valence-corrected chi connectivity index (χ3v) is 6.59. The molecule has 1 heterocycles. The Morgan fingerprint density at radius 2 is 2.04 bits per heavy atom. The van der Waals surface area contributed by atoms with E-state index >= 15 is 0 Å². The second-order valence-corrected chi connectivity index (χ2v) is 9.26. The van der Waals surface area contributed by atoms with Crippen LogP contribution in [0.25, 0.3) is 0 Å². The van der Waals surface area contributed by atoms with E-state index in [0.717, 1.165) is 11.5 Å². The lowest BCUT2D eigenvalue weighted by atomic mass is 10.1. The molecule has 0 bridgehead atoms. The van der Waals surface area contributed by atoms with E-state index in [-0.39, 0.29) is 11.9 Å². The zero-order valence-corrected chi connectivity index (χ0v) is 17.2. The van der Waals surface area contributed by atoms with Gasteiger partial charge in [-0.1, -0.05) is 30.3 Å². The number of thioether (sulfide) groups is 1. The number of nitrogens with one attached hydrogen (secondary N) is 1. The summed E-state index contributed by atoms with van der Waals surface area (Å²) >= 11 is 7.08. The Morgan fingerprint density at radius 3 is 2.71 bits per heavy atom. The summed E-state index contributed by atoms with van der Waals surface area (Å²) in [5, 5.41) is 3.00. The molecule has 1 N–H and O–H groups in total. The Balaban J connectivity index is 1.62. The highest BCUT2D eigenvalue weighted by atomic mass is 79.9. The summed E-state index contributed by atoms with van der Waals surface area (Å²) < 4.78 is 1.17. The molecule has 130 valence electrons. The molecule has 0 spiro atoms. The molecule has 0 aliphatic rings. The lowest BCUT2D eigenvalue weighted by Crippen LogP contribution is -2.37. The molecule has 2 rings (SSSR count). The van der Waals surface area contributed by atoms with Gasteiger partial charge in [0.25, 0.3) is 0 Å². The van der Waals surface area contributed by atoms with Crippen molar-refractivity contribution in [2.45, 2.75) is 18.7 Å². The summed E-state index contributed by atoms with van der Waals surface area (Å²) in [6, 6.07) is 14.7. The summed E-state index contributed by atoms with van der Waals surface area (Å²) in [6.07, 6.45) is 0. The molecular weight excluding hydrogens is 404 g/mol. The Bertz CT molecular complexity index is 633. The lowest BCUT2D eigenvalue weighted by molar-refractivity contribution is -0.122. The number of likely N-dealkylation sites (N-methyl/N-ethyl adjacent to an activating group) is 1. The maximum absolute atomic E-state index is 12.1. The third kappa shape index (κ3) is 6.59. The first-order chi connectivity index (χ1) is 11.6. The van der Waals surface area contributed by atoms with Crippen molar-refractivity contribution in [2.75, 3.05) is 25.9 Å². The number of halogens is 1. The predicted octanol–water partition coefficient (Wildman–Crippen LogP) is 4.55. The van der Waals surface area contributed by atoms with Crippen LogP contribution in [0.3, 0.4) is 0 Å². The van der Waals surface area contributed by atoms with Crippen molar-refractivity contribution in [1.82, 2.24) is 10.2 Å². The van der Waals surface area contributed by atoms with Crippen LogP contribution in [0, 0.1) is 0 Å². The summed E-state index contributed by atoms with van der Waals surface area (Å²) in [5.41, 5.74) is 1.23. The van der Waals surface area contributed by atoms with Gasteiger partial charge in [-0.2, -0.15) is 11.8 Å². The molecule has 2 aromatic rings. The van der Waals surface area contributed by atoms with Crippen LogP contribution in [0.5, 0.6) is 0 Å². The van der Waals surface area contributed by atoms with E-state index in [1.165, 1.54) is 14.2 Å². The maximum Gasteiger partial charge on any atom is 0.234 e. The van der Waals surface area contributed by atoms with Crippen LogP contribution in [0.15, 0.2) is 46.3 Å². The molecule has 6 heteroatoms. The minimum Gasteiger partial charge on any atom is -0.354 e. The maximum atomic E-state index is 12.1. The van der Waals surface area contributed by atoms with Gasteiger partial charge in [-0.25, -0.2) is 0 Å². The van der Waals surface area contributed by atoms with E-state index in [4.69, 9.17) is 0 Å². The summed E-state index contributed by atoms with van der Waals surface area (Å²) in [6.45, 7) is 3.25. The van der Waals surface area contributed by atoms with Gasteiger partial charge in [0.1, 0.15) is 0 Å². The van der Waals surface area contributed by atoms with Gasteiger partial charge in [0.15, 0.2) is 0 Å². The van der Waals surface area contributed by atoms with Crippen molar-refractivity contribution in [2.24, 2.45) is 0 Å². The number of rotatable bonds is 9. The van der Waals surface area contributed by atoms with Gasteiger partial charge in [-0.3, -0.25) is 9.69 Å². The third-order valence-electron chi connectivity index (χ3n) is 3.78. The Labute approximate surface area is 161 Å². The predicted molar refractivity (Wildman–Crippen MR) is 109 cm³/mol. The SMILES string of the molecule is C[C@H](c1ccccc1)N(C)CC(=O)NCCSCc1ccc(Br)s1. The number of thiophene rings is 1. The van der Waals surface area contributed by atoms with Crippen LogP contribution in [0.1, 0.15) is 23.4 Å². The first kappa shape index (κ1) is 19.5. The Morgan fingerprint density at radius 1 is 1.29 bits per heavy atom. The van der Waals surface area contributed by atoms with Crippen LogP contribution >= 0.6 is 39.0 Å². The number of nitrogens with zero attached hydrogens (tertiary/aromatic N) is 1. The monoisotopic (exact) mass is 426 g/mol. The van der Waals surface area contributed by atoms with E-state index < -0.39 is 0 Å². The first-order valence-corrected chi connectivity index (χ1v) is 10.7. The largest absolute Gasteiger partial charge is 0.354 e. The van der Waals surface area contributed by atoms with E-state index in [2.05, 4.69) is 57.3 Å². The minimum atomic E-state index is 0.0831. The molecule has 0 aliphatic heterocycles. The van der Waals surface area contributed by atoms with Gasteiger partial charge in [-0.15, -0.1) is 11.3 Å². The van der Waals surface area contributed by atoms with Gasteiger partial charge >= 0.3 is 0 Å². The lowest BCUT2D eigenvalue weighted by Gasteiger charge is -2.24. The van der Waals surface area contributed by atoms with Crippen LogP contribution in [-0.4, -0.2) is 36.7 Å². The number of amides is 1. The molecule has 0 fully saturated rings. The van der Waals surface area contributed by atoms with Gasteiger partial charge in [0.05, 0.1) is 10.3 Å². The smallest absolute Gasteiger partial charge is 0.234 e. The van der Waals surface area contributed by atoms with Crippen molar-refractivity contribution in [3.63, 3.8) is 0 Å². The Hall–Kier alpha value is -0.820. The number of carbonyl (C=O) groups excluding carboxylic acids is 1. The fourth-order valence-electron chi connectivity index (χ4n) is 2.27. The van der Waals surface area contributed by atoms with E-state index in [0.29, 0.717) is 13.1 Å². The quantitative estimate of drug-likeness (QED) is 0.596. The van der Waals surface area contributed by atoms with Crippen molar-refractivity contribution in [1.29, 1.82) is 0 Å². The van der Waals surface area contributed by atoms with Crippen molar-refractivity contribution in [3.05, 3.63) is 56.7 Å². The van der Waals surface area contributed by atoms with Crippen LogP contribution < -0.4 is 5.32 Å². The molecule has 3 nitrogen and oxygen atoms in total. The number of hydrogen-bond donors (Lipinski definition) is 1. The van der Waals surface area contributed by atoms with Crippen molar-refractivity contribution < 1.29 is 4.79 Å². The van der Waals surface area contributed by atoms with Gasteiger partial charge in [0, 0.05) is 29.0 Å².